The minimum Gasteiger partial charge on any atom is -0.339 e. The molecule has 0 aliphatic carbocycles. The summed E-state index contributed by atoms with van der Waals surface area (Å²) in [4.78, 5) is 33.0. The number of aromatic nitrogens is 3. The molecule has 4 rings (SSSR count). The van der Waals surface area contributed by atoms with Crippen LogP contribution in [0.5, 0.6) is 0 Å². The van der Waals surface area contributed by atoms with Crippen LogP contribution in [0.2, 0.25) is 0 Å². The van der Waals surface area contributed by atoms with Crippen LogP contribution in [0.25, 0.3) is 11.3 Å². The summed E-state index contributed by atoms with van der Waals surface area (Å²) in [5.41, 5.74) is 1.55. The van der Waals surface area contributed by atoms with Crippen molar-refractivity contribution in [2.24, 2.45) is 5.92 Å². The Kier molecular flexibility index (Phi) is 4.78. The number of likely N-dealkylation sites (tertiary alicyclic amines) is 2. The maximum atomic E-state index is 12.5. The third-order valence-corrected chi connectivity index (χ3v) is 5.52. The van der Waals surface area contributed by atoms with Gasteiger partial charge in [0.15, 0.2) is 0 Å². The Hall–Kier alpha value is -2.54. The molecule has 0 bridgehead atoms. The second kappa shape index (κ2) is 7.23. The van der Waals surface area contributed by atoms with Crippen LogP contribution in [0, 0.1) is 5.92 Å². The zero-order valence-electron chi connectivity index (χ0n) is 15.8. The largest absolute Gasteiger partial charge is 0.339 e. The summed E-state index contributed by atoms with van der Waals surface area (Å²) in [5.74, 6) is 0.595. The Morgan fingerprint density at radius 1 is 1.19 bits per heavy atom. The molecule has 2 saturated heterocycles. The summed E-state index contributed by atoms with van der Waals surface area (Å²) in [6.45, 7) is 7.23. The monoisotopic (exact) mass is 367 g/mol. The van der Waals surface area contributed by atoms with Gasteiger partial charge in [0.25, 0.3) is 5.56 Å². The van der Waals surface area contributed by atoms with Crippen LogP contribution < -0.4 is 5.56 Å². The molecule has 2 fully saturated rings. The highest BCUT2D eigenvalue weighted by Gasteiger charge is 2.42. The van der Waals surface area contributed by atoms with Crippen molar-refractivity contribution < 1.29 is 4.79 Å². The van der Waals surface area contributed by atoms with Crippen molar-refractivity contribution in [2.45, 2.75) is 38.9 Å². The van der Waals surface area contributed by atoms with Gasteiger partial charge in [-0.15, -0.1) is 0 Å². The summed E-state index contributed by atoms with van der Waals surface area (Å²) in [5, 5.41) is 4.51. The van der Waals surface area contributed by atoms with Crippen molar-refractivity contribution in [1.29, 1.82) is 0 Å². The Morgan fingerprint density at radius 3 is 2.67 bits per heavy atom. The minimum absolute atomic E-state index is 0.00931. The van der Waals surface area contributed by atoms with Crippen LogP contribution in [0.1, 0.15) is 20.3 Å². The number of carbonyl (C=O) groups excluding carboxylic acids is 1. The standard InChI is InChI=1S/C20H25N5O2/c1-14(2)24-9-7-18(20(24)27)23-11-15(12-23)13-25-19(26)6-5-17(22-25)16-4-3-8-21-10-16/h3-6,8,10,14-15,18H,7,9,11-13H2,1-2H3. The molecule has 2 aromatic heterocycles. The summed E-state index contributed by atoms with van der Waals surface area (Å²) in [7, 11) is 0. The van der Waals surface area contributed by atoms with Crippen LogP contribution >= 0.6 is 0 Å². The lowest BCUT2D eigenvalue weighted by atomic mass is 9.97. The van der Waals surface area contributed by atoms with E-state index in [9.17, 15) is 9.59 Å². The predicted molar refractivity (Wildman–Crippen MR) is 102 cm³/mol. The molecule has 2 aliphatic rings. The molecule has 0 saturated carbocycles. The van der Waals surface area contributed by atoms with Crippen molar-refractivity contribution in [2.75, 3.05) is 19.6 Å². The van der Waals surface area contributed by atoms with E-state index in [-0.39, 0.29) is 23.6 Å². The molecular formula is C20H25N5O2. The molecule has 27 heavy (non-hydrogen) atoms. The Bertz CT molecular complexity index is 873. The van der Waals surface area contributed by atoms with Gasteiger partial charge >= 0.3 is 0 Å². The number of hydrogen-bond acceptors (Lipinski definition) is 5. The maximum Gasteiger partial charge on any atom is 0.266 e. The first-order valence-corrected chi connectivity index (χ1v) is 9.56. The molecule has 2 aliphatic heterocycles. The second-order valence-corrected chi connectivity index (χ2v) is 7.73. The fraction of sp³-hybridized carbons (Fsp3) is 0.500. The van der Waals surface area contributed by atoms with E-state index in [1.807, 2.05) is 17.0 Å². The SMILES string of the molecule is CC(C)N1CCC(N2CC(Cn3nc(-c4cccnc4)ccc3=O)C2)C1=O. The lowest BCUT2D eigenvalue weighted by Crippen LogP contribution is -2.56. The van der Waals surface area contributed by atoms with E-state index in [1.54, 1.807) is 29.2 Å². The van der Waals surface area contributed by atoms with E-state index in [2.05, 4.69) is 28.8 Å². The van der Waals surface area contributed by atoms with E-state index in [4.69, 9.17) is 0 Å². The summed E-state index contributed by atoms with van der Waals surface area (Å²) >= 11 is 0. The first-order valence-electron chi connectivity index (χ1n) is 9.56. The van der Waals surface area contributed by atoms with Crippen molar-refractivity contribution in [3.05, 3.63) is 47.0 Å². The van der Waals surface area contributed by atoms with Gasteiger partial charge in [0.1, 0.15) is 0 Å². The van der Waals surface area contributed by atoms with Crippen LogP contribution in [-0.4, -0.2) is 62.2 Å². The molecule has 7 nitrogen and oxygen atoms in total. The number of pyridine rings is 1. The smallest absolute Gasteiger partial charge is 0.266 e. The van der Waals surface area contributed by atoms with Gasteiger partial charge in [-0.05, 0) is 38.5 Å². The highest BCUT2D eigenvalue weighted by atomic mass is 16.2. The zero-order chi connectivity index (χ0) is 19.0. The fourth-order valence-electron chi connectivity index (χ4n) is 4.01. The van der Waals surface area contributed by atoms with Gasteiger partial charge in [-0.25, -0.2) is 4.68 Å². The van der Waals surface area contributed by atoms with Gasteiger partial charge in [0.2, 0.25) is 5.91 Å². The molecular weight excluding hydrogens is 342 g/mol. The van der Waals surface area contributed by atoms with Crippen molar-refractivity contribution in [3.63, 3.8) is 0 Å². The Morgan fingerprint density at radius 2 is 2.00 bits per heavy atom. The van der Waals surface area contributed by atoms with E-state index >= 15 is 0 Å². The van der Waals surface area contributed by atoms with E-state index in [1.165, 1.54) is 0 Å². The third-order valence-electron chi connectivity index (χ3n) is 5.52. The number of rotatable bonds is 5. The number of nitrogens with zero attached hydrogens (tertiary/aromatic N) is 5. The minimum atomic E-state index is -0.0935. The maximum absolute atomic E-state index is 12.5. The van der Waals surface area contributed by atoms with E-state index in [0.717, 1.165) is 37.3 Å². The lowest BCUT2D eigenvalue weighted by Gasteiger charge is -2.42. The summed E-state index contributed by atoms with van der Waals surface area (Å²) in [6.07, 6.45) is 4.36. The molecule has 1 atom stereocenters. The normalized spacial score (nSPS) is 21.1. The van der Waals surface area contributed by atoms with Gasteiger partial charge in [-0.3, -0.25) is 19.5 Å². The molecule has 7 heteroatoms. The average Bonchev–Trinajstić information content (AvgIpc) is 3.01. The molecule has 0 N–H and O–H groups in total. The molecule has 4 heterocycles. The van der Waals surface area contributed by atoms with Crippen LogP contribution in [0.15, 0.2) is 41.5 Å². The highest BCUT2D eigenvalue weighted by Crippen LogP contribution is 2.27. The topological polar surface area (TPSA) is 71.3 Å². The number of carbonyl (C=O) groups is 1. The molecule has 0 radical (unpaired) electrons. The van der Waals surface area contributed by atoms with Gasteiger partial charge < -0.3 is 4.90 Å². The number of amides is 1. The van der Waals surface area contributed by atoms with Crippen LogP contribution in [0.4, 0.5) is 0 Å². The predicted octanol–water partition coefficient (Wildman–Crippen LogP) is 1.25. The van der Waals surface area contributed by atoms with Gasteiger partial charge in [0, 0.05) is 55.6 Å². The summed E-state index contributed by atoms with van der Waals surface area (Å²) in [6, 6.07) is 7.36. The highest BCUT2D eigenvalue weighted by molar-refractivity contribution is 5.84. The fourth-order valence-corrected chi connectivity index (χ4v) is 4.01. The summed E-state index contributed by atoms with van der Waals surface area (Å²) < 4.78 is 1.54. The third kappa shape index (κ3) is 3.51. The van der Waals surface area contributed by atoms with E-state index < -0.39 is 0 Å². The first-order chi connectivity index (χ1) is 13.0. The second-order valence-electron chi connectivity index (χ2n) is 7.73. The van der Waals surface area contributed by atoms with Crippen LogP contribution in [-0.2, 0) is 11.3 Å². The molecule has 0 spiro atoms. The lowest BCUT2D eigenvalue weighted by molar-refractivity contribution is -0.135. The molecule has 142 valence electrons. The number of hydrogen-bond donors (Lipinski definition) is 0. The Labute approximate surface area is 158 Å². The zero-order valence-corrected chi connectivity index (χ0v) is 15.8. The van der Waals surface area contributed by atoms with Gasteiger partial charge in [0.05, 0.1) is 18.3 Å². The molecule has 2 aromatic rings. The quantitative estimate of drug-likeness (QED) is 0.795. The molecule has 1 amide bonds. The van der Waals surface area contributed by atoms with Crippen molar-refractivity contribution in [3.8, 4) is 11.3 Å². The molecule has 1 unspecified atom stereocenters. The van der Waals surface area contributed by atoms with Crippen LogP contribution in [0.3, 0.4) is 0 Å². The Balaban J connectivity index is 1.39. The van der Waals surface area contributed by atoms with Crippen molar-refractivity contribution in [1.82, 2.24) is 24.6 Å². The van der Waals surface area contributed by atoms with Gasteiger partial charge in [-0.1, -0.05) is 0 Å². The molecule has 0 aromatic carbocycles. The average molecular weight is 367 g/mol. The first kappa shape index (κ1) is 17.9. The van der Waals surface area contributed by atoms with E-state index in [0.29, 0.717) is 12.5 Å². The van der Waals surface area contributed by atoms with Gasteiger partial charge in [-0.2, -0.15) is 5.10 Å². The van der Waals surface area contributed by atoms with Crippen molar-refractivity contribution >= 4 is 5.91 Å².